The van der Waals surface area contributed by atoms with Crippen molar-refractivity contribution in [2.45, 2.75) is 47.5 Å². The van der Waals surface area contributed by atoms with Crippen LogP contribution in [0.4, 0.5) is 0 Å². The molecule has 1 aliphatic carbocycles. The van der Waals surface area contributed by atoms with Gasteiger partial charge in [-0.2, -0.15) is 0 Å². The van der Waals surface area contributed by atoms with Crippen LogP contribution >= 0.6 is 0 Å². The average Bonchev–Trinajstić information content (AvgIpc) is 2.63. The number of fused-ring (bicyclic) bond motifs is 1. The quantitative estimate of drug-likeness (QED) is 0.793. The van der Waals surface area contributed by atoms with Crippen molar-refractivity contribution in [2.24, 2.45) is 5.41 Å². The van der Waals surface area contributed by atoms with Crippen LogP contribution in [0, 0.1) is 26.2 Å². The fourth-order valence-corrected chi connectivity index (χ4v) is 3.40. The Labute approximate surface area is 126 Å². The van der Waals surface area contributed by atoms with Crippen molar-refractivity contribution >= 4 is 5.78 Å². The number of aryl methyl sites for hydroxylation is 3. The lowest BCUT2D eigenvalue weighted by Gasteiger charge is -2.29. The second kappa shape index (κ2) is 4.55. The molecule has 0 spiro atoms. The van der Waals surface area contributed by atoms with Crippen molar-refractivity contribution in [3.05, 3.63) is 46.4 Å². The summed E-state index contributed by atoms with van der Waals surface area (Å²) in [6.07, 6.45) is 1.54. The highest BCUT2D eigenvalue weighted by atomic mass is 16.1. The molecule has 21 heavy (non-hydrogen) atoms. The van der Waals surface area contributed by atoms with Crippen molar-refractivity contribution in [1.29, 1.82) is 0 Å². The molecule has 0 amide bonds. The predicted octanol–water partition coefficient (Wildman–Crippen LogP) is 3.95. The van der Waals surface area contributed by atoms with Gasteiger partial charge in [-0.3, -0.25) is 4.79 Å². The van der Waals surface area contributed by atoms with E-state index in [0.29, 0.717) is 6.42 Å². The summed E-state index contributed by atoms with van der Waals surface area (Å²) in [7, 11) is 0. The Morgan fingerprint density at radius 2 is 1.81 bits per heavy atom. The maximum absolute atomic E-state index is 12.4. The zero-order valence-electron chi connectivity index (χ0n) is 13.4. The molecule has 2 aromatic heterocycles. The maximum atomic E-state index is 12.4. The van der Waals surface area contributed by atoms with E-state index in [1.807, 2.05) is 13.0 Å². The zero-order valence-corrected chi connectivity index (χ0v) is 13.4. The molecule has 0 atom stereocenters. The molecule has 2 heterocycles. The van der Waals surface area contributed by atoms with Crippen LogP contribution in [0.15, 0.2) is 18.2 Å². The molecular weight excluding hydrogens is 260 g/mol. The molecule has 0 saturated heterocycles. The van der Waals surface area contributed by atoms with Crippen LogP contribution in [-0.2, 0) is 6.42 Å². The van der Waals surface area contributed by atoms with Crippen LogP contribution in [0.2, 0.25) is 0 Å². The van der Waals surface area contributed by atoms with Gasteiger partial charge in [0.05, 0.1) is 0 Å². The molecule has 0 N–H and O–H groups in total. The van der Waals surface area contributed by atoms with Crippen LogP contribution < -0.4 is 0 Å². The summed E-state index contributed by atoms with van der Waals surface area (Å²) in [5.74, 6) is 1.18. The third-order valence-corrected chi connectivity index (χ3v) is 4.19. The highest BCUT2D eigenvalue weighted by molar-refractivity contribution is 5.99. The Balaban J connectivity index is 2.23. The van der Waals surface area contributed by atoms with E-state index in [0.717, 1.165) is 34.9 Å². The summed E-state index contributed by atoms with van der Waals surface area (Å²) in [6, 6.07) is 6.18. The minimum atomic E-state index is 0.0193. The minimum absolute atomic E-state index is 0.0193. The number of carbonyl (C=O) groups excluding carboxylic acids is 1. The molecule has 0 bridgehead atoms. The Morgan fingerprint density at radius 1 is 1.10 bits per heavy atom. The first kappa shape index (κ1) is 14.1. The normalized spacial score (nSPS) is 16.9. The summed E-state index contributed by atoms with van der Waals surface area (Å²) >= 11 is 0. The zero-order chi connectivity index (χ0) is 15.4. The van der Waals surface area contributed by atoms with Crippen molar-refractivity contribution in [2.75, 3.05) is 0 Å². The van der Waals surface area contributed by atoms with E-state index in [-0.39, 0.29) is 11.2 Å². The second-order valence-corrected chi connectivity index (χ2v) is 7.07. The number of aromatic nitrogens is 2. The lowest BCUT2D eigenvalue weighted by molar-refractivity contribution is 0.0911. The first-order valence-corrected chi connectivity index (χ1v) is 7.47. The van der Waals surface area contributed by atoms with Crippen molar-refractivity contribution < 1.29 is 4.79 Å². The van der Waals surface area contributed by atoms with Gasteiger partial charge in [0, 0.05) is 29.1 Å². The summed E-state index contributed by atoms with van der Waals surface area (Å²) in [6.45, 7) is 10.5. The third-order valence-electron chi connectivity index (χ3n) is 4.19. The van der Waals surface area contributed by atoms with Crippen molar-refractivity contribution in [3.8, 4) is 5.82 Å². The number of hydrogen-bond acceptors (Lipinski definition) is 2. The molecule has 0 radical (unpaired) electrons. The predicted molar refractivity (Wildman–Crippen MR) is 84.2 cm³/mol. The molecule has 0 saturated carbocycles. The molecule has 3 heteroatoms. The number of hydrogen-bond donors (Lipinski definition) is 0. The number of rotatable bonds is 1. The van der Waals surface area contributed by atoms with Gasteiger partial charge in [0.1, 0.15) is 5.82 Å². The molecule has 2 aromatic rings. The van der Waals surface area contributed by atoms with Gasteiger partial charge in [-0.15, -0.1) is 0 Å². The van der Waals surface area contributed by atoms with Crippen LogP contribution in [0.25, 0.3) is 5.82 Å². The van der Waals surface area contributed by atoms with Gasteiger partial charge in [0.25, 0.3) is 0 Å². The van der Waals surface area contributed by atoms with Gasteiger partial charge in [-0.25, -0.2) is 4.98 Å². The number of carbonyl (C=O) groups is 1. The van der Waals surface area contributed by atoms with Crippen LogP contribution in [-0.4, -0.2) is 15.3 Å². The molecule has 110 valence electrons. The van der Waals surface area contributed by atoms with E-state index in [1.54, 1.807) is 0 Å². The molecule has 0 aliphatic heterocycles. The fourth-order valence-electron chi connectivity index (χ4n) is 3.40. The fraction of sp³-hybridized carbons (Fsp3) is 0.444. The average molecular weight is 282 g/mol. The second-order valence-electron chi connectivity index (χ2n) is 7.07. The monoisotopic (exact) mass is 282 g/mol. The molecule has 1 aliphatic rings. The van der Waals surface area contributed by atoms with E-state index in [4.69, 9.17) is 0 Å². The standard InChI is InChI=1S/C18H22N2O/c1-11-6-12(2)19-17(7-11)20-13(3)8-14-15(20)9-18(4,5)10-16(14)21/h6-8H,9-10H2,1-5H3. The Bertz CT molecular complexity index is 718. The molecule has 3 rings (SSSR count). The Hall–Kier alpha value is -1.90. The summed E-state index contributed by atoms with van der Waals surface area (Å²) in [5, 5.41) is 0. The van der Waals surface area contributed by atoms with Gasteiger partial charge in [0.15, 0.2) is 5.78 Å². The van der Waals surface area contributed by atoms with Crippen LogP contribution in [0.5, 0.6) is 0 Å². The van der Waals surface area contributed by atoms with E-state index in [2.05, 4.69) is 49.4 Å². The Morgan fingerprint density at radius 3 is 2.48 bits per heavy atom. The number of pyridine rings is 1. The van der Waals surface area contributed by atoms with Gasteiger partial charge < -0.3 is 4.57 Å². The van der Waals surface area contributed by atoms with E-state index >= 15 is 0 Å². The third kappa shape index (κ3) is 2.41. The molecule has 0 fully saturated rings. The van der Waals surface area contributed by atoms with E-state index < -0.39 is 0 Å². The first-order valence-electron chi connectivity index (χ1n) is 7.47. The van der Waals surface area contributed by atoms with Gasteiger partial charge in [-0.05, 0) is 56.4 Å². The molecule has 0 aromatic carbocycles. The van der Waals surface area contributed by atoms with Gasteiger partial charge in [-0.1, -0.05) is 13.8 Å². The van der Waals surface area contributed by atoms with Crippen molar-refractivity contribution in [1.82, 2.24) is 9.55 Å². The smallest absolute Gasteiger partial charge is 0.165 e. The SMILES string of the molecule is Cc1cc(C)nc(-n2c(C)cc3c2CC(C)(C)CC3=O)c1. The largest absolute Gasteiger partial charge is 0.302 e. The molecular formula is C18H22N2O. The van der Waals surface area contributed by atoms with E-state index in [9.17, 15) is 4.79 Å². The minimum Gasteiger partial charge on any atom is -0.302 e. The summed E-state index contributed by atoms with van der Waals surface area (Å²) in [4.78, 5) is 17.1. The van der Waals surface area contributed by atoms with Crippen molar-refractivity contribution in [3.63, 3.8) is 0 Å². The maximum Gasteiger partial charge on any atom is 0.165 e. The van der Waals surface area contributed by atoms with Crippen LogP contribution in [0.1, 0.15) is 53.3 Å². The van der Waals surface area contributed by atoms with Gasteiger partial charge >= 0.3 is 0 Å². The lowest BCUT2D eigenvalue weighted by atomic mass is 9.76. The lowest BCUT2D eigenvalue weighted by Crippen LogP contribution is -2.28. The van der Waals surface area contributed by atoms with Gasteiger partial charge in [0.2, 0.25) is 0 Å². The van der Waals surface area contributed by atoms with Crippen LogP contribution in [0.3, 0.4) is 0 Å². The summed E-state index contributed by atoms with van der Waals surface area (Å²) < 4.78 is 2.16. The number of nitrogens with zero attached hydrogens (tertiary/aromatic N) is 2. The number of Topliss-reactive ketones (excluding diaryl/α,β-unsaturated/α-hetero) is 1. The topological polar surface area (TPSA) is 34.9 Å². The first-order chi connectivity index (χ1) is 9.77. The van der Waals surface area contributed by atoms with E-state index in [1.165, 1.54) is 5.56 Å². The highest BCUT2D eigenvalue weighted by Gasteiger charge is 2.34. The molecule has 3 nitrogen and oxygen atoms in total. The Kier molecular flexibility index (Phi) is 3.05. The molecule has 0 unspecified atom stereocenters. The number of ketones is 1. The highest BCUT2D eigenvalue weighted by Crippen LogP contribution is 2.37. The summed E-state index contributed by atoms with van der Waals surface area (Å²) in [5.41, 5.74) is 5.31.